The van der Waals surface area contributed by atoms with Crippen molar-refractivity contribution in [2.75, 3.05) is 33.2 Å². The topological polar surface area (TPSA) is 91.1 Å². The molecule has 2 aliphatic rings. The van der Waals surface area contributed by atoms with Crippen molar-refractivity contribution < 1.29 is 19.1 Å². The van der Waals surface area contributed by atoms with Gasteiger partial charge in [-0.25, -0.2) is 0 Å². The Morgan fingerprint density at radius 2 is 2.04 bits per heavy atom. The summed E-state index contributed by atoms with van der Waals surface area (Å²) in [6.07, 6.45) is 0.730. The summed E-state index contributed by atoms with van der Waals surface area (Å²) < 4.78 is 5.64. The quantitative estimate of drug-likeness (QED) is 0.871. The van der Waals surface area contributed by atoms with Crippen LogP contribution in [-0.4, -0.2) is 60.0 Å². The lowest BCUT2D eigenvalue weighted by molar-refractivity contribution is -0.153. The second kappa shape index (κ2) is 5.95. The number of aliphatic carboxylic acids is 1. The number of hydrogen-bond donors (Lipinski definition) is 1. The van der Waals surface area contributed by atoms with E-state index in [9.17, 15) is 19.5 Å². The average Bonchev–Trinajstić information content (AvgIpc) is 3.01. The van der Waals surface area contributed by atoms with Crippen molar-refractivity contribution in [3.63, 3.8) is 0 Å². The van der Waals surface area contributed by atoms with Crippen molar-refractivity contribution in [3.8, 4) is 0 Å². The molecule has 0 aliphatic carbocycles. The van der Waals surface area contributed by atoms with E-state index in [-0.39, 0.29) is 23.7 Å². The largest absolute Gasteiger partial charge is 0.481 e. The van der Waals surface area contributed by atoms with E-state index in [2.05, 4.69) is 0 Å². The van der Waals surface area contributed by atoms with Gasteiger partial charge in [-0.2, -0.15) is 0 Å². The summed E-state index contributed by atoms with van der Waals surface area (Å²) in [6, 6.07) is 7.96. The third-order valence-corrected chi connectivity index (χ3v) is 5.67. The first-order valence-corrected chi connectivity index (χ1v) is 8.65. The molecule has 0 saturated carbocycles. The first-order chi connectivity index (χ1) is 12.4. The van der Waals surface area contributed by atoms with Gasteiger partial charge in [0.2, 0.25) is 0 Å². The molecule has 2 aromatic rings. The van der Waals surface area contributed by atoms with E-state index in [1.807, 2.05) is 11.9 Å². The van der Waals surface area contributed by atoms with Crippen molar-refractivity contribution in [2.24, 2.45) is 11.3 Å². The highest BCUT2D eigenvalue weighted by molar-refractivity contribution is 5.94. The van der Waals surface area contributed by atoms with Gasteiger partial charge in [0.05, 0.1) is 5.39 Å². The maximum absolute atomic E-state index is 12.9. The molecule has 1 aromatic heterocycles. The molecule has 7 heteroatoms. The maximum Gasteiger partial charge on any atom is 0.313 e. The molecule has 0 spiro atoms. The zero-order chi connectivity index (χ0) is 18.5. The minimum absolute atomic E-state index is 0.0405. The standard InChI is InChI=1S/C19H20N2O5/c1-20-7-6-12-9-21(11-19(12,10-20)18(24)25)17(23)16-8-14(22)13-4-2-3-5-15(13)26-16/h2-5,8,12H,6-7,9-11H2,1H3,(H,24,25)/t12-,19-/m0/s1. The summed E-state index contributed by atoms with van der Waals surface area (Å²) in [7, 11) is 1.90. The van der Waals surface area contributed by atoms with Gasteiger partial charge in [0, 0.05) is 25.7 Å². The van der Waals surface area contributed by atoms with Gasteiger partial charge < -0.3 is 19.3 Å². The molecule has 7 nitrogen and oxygen atoms in total. The molecular weight excluding hydrogens is 336 g/mol. The summed E-state index contributed by atoms with van der Waals surface area (Å²) in [5, 5.41) is 10.3. The molecule has 1 amide bonds. The molecule has 0 radical (unpaired) electrons. The van der Waals surface area contributed by atoms with Gasteiger partial charge in [-0.05, 0) is 38.1 Å². The Kier molecular flexibility index (Phi) is 3.84. The van der Waals surface area contributed by atoms with Crippen molar-refractivity contribution in [1.82, 2.24) is 9.80 Å². The van der Waals surface area contributed by atoms with Crippen LogP contribution in [-0.2, 0) is 4.79 Å². The number of benzene rings is 1. The van der Waals surface area contributed by atoms with Crippen LogP contribution in [0.15, 0.2) is 39.5 Å². The lowest BCUT2D eigenvalue weighted by atomic mass is 9.73. The minimum atomic E-state index is -0.959. The van der Waals surface area contributed by atoms with Crippen LogP contribution in [0, 0.1) is 11.3 Å². The number of carboxylic acids is 1. The fraction of sp³-hybridized carbons (Fsp3) is 0.421. The predicted molar refractivity (Wildman–Crippen MR) is 94.1 cm³/mol. The number of hydrogen-bond acceptors (Lipinski definition) is 5. The molecule has 2 saturated heterocycles. The molecule has 1 aromatic carbocycles. The maximum atomic E-state index is 12.9. The number of rotatable bonds is 2. The van der Waals surface area contributed by atoms with Crippen LogP contribution in [0.2, 0.25) is 0 Å². The van der Waals surface area contributed by atoms with E-state index in [1.54, 1.807) is 24.3 Å². The Bertz CT molecular complexity index is 952. The molecule has 0 unspecified atom stereocenters. The molecule has 2 aliphatic heterocycles. The third-order valence-electron chi connectivity index (χ3n) is 5.67. The summed E-state index contributed by atoms with van der Waals surface area (Å²) >= 11 is 0. The third kappa shape index (κ3) is 2.50. The fourth-order valence-electron chi connectivity index (χ4n) is 4.29. The van der Waals surface area contributed by atoms with Crippen molar-refractivity contribution in [3.05, 3.63) is 46.3 Å². The Labute approximate surface area is 149 Å². The van der Waals surface area contributed by atoms with E-state index in [0.29, 0.717) is 24.1 Å². The van der Waals surface area contributed by atoms with Gasteiger partial charge in [0.25, 0.3) is 5.91 Å². The molecular formula is C19H20N2O5. The van der Waals surface area contributed by atoms with Crippen LogP contribution in [0.25, 0.3) is 11.0 Å². The van der Waals surface area contributed by atoms with Crippen LogP contribution < -0.4 is 5.43 Å². The molecule has 3 heterocycles. The van der Waals surface area contributed by atoms with Crippen LogP contribution in [0.3, 0.4) is 0 Å². The Morgan fingerprint density at radius 3 is 2.81 bits per heavy atom. The normalized spacial score (nSPS) is 26.0. The highest BCUT2D eigenvalue weighted by Crippen LogP contribution is 2.42. The Hall–Kier alpha value is -2.67. The fourth-order valence-corrected chi connectivity index (χ4v) is 4.29. The van der Waals surface area contributed by atoms with E-state index in [1.165, 1.54) is 11.0 Å². The van der Waals surface area contributed by atoms with Gasteiger partial charge in [-0.15, -0.1) is 0 Å². The summed E-state index contributed by atoms with van der Waals surface area (Å²) in [4.78, 5) is 40.7. The monoisotopic (exact) mass is 356 g/mol. The smallest absolute Gasteiger partial charge is 0.313 e. The first-order valence-electron chi connectivity index (χ1n) is 8.65. The second-order valence-corrected chi connectivity index (χ2v) is 7.34. The molecule has 0 bridgehead atoms. The van der Waals surface area contributed by atoms with Crippen molar-refractivity contribution in [1.29, 1.82) is 0 Å². The molecule has 136 valence electrons. The van der Waals surface area contributed by atoms with Gasteiger partial charge in [-0.3, -0.25) is 14.4 Å². The molecule has 1 N–H and O–H groups in total. The Morgan fingerprint density at radius 1 is 1.27 bits per heavy atom. The number of fused-ring (bicyclic) bond motifs is 2. The van der Waals surface area contributed by atoms with Crippen LogP contribution in [0.1, 0.15) is 17.0 Å². The van der Waals surface area contributed by atoms with E-state index >= 15 is 0 Å². The number of amides is 1. The SMILES string of the molecule is CN1CC[C@H]2CN(C(=O)c3cc(=O)c4ccccc4o3)C[C@@]2(C(=O)O)C1. The molecule has 4 rings (SSSR count). The van der Waals surface area contributed by atoms with Crippen molar-refractivity contribution >= 4 is 22.8 Å². The summed E-state index contributed by atoms with van der Waals surface area (Å²) in [6.45, 7) is 1.73. The zero-order valence-electron chi connectivity index (χ0n) is 14.5. The van der Waals surface area contributed by atoms with Gasteiger partial charge in [-0.1, -0.05) is 12.1 Å². The number of likely N-dealkylation sites (tertiary alicyclic amines) is 2. The number of carbonyl (C=O) groups is 2. The first kappa shape index (κ1) is 16.8. The van der Waals surface area contributed by atoms with Gasteiger partial charge >= 0.3 is 5.97 Å². The van der Waals surface area contributed by atoms with Crippen molar-refractivity contribution in [2.45, 2.75) is 6.42 Å². The van der Waals surface area contributed by atoms with E-state index < -0.39 is 17.3 Å². The van der Waals surface area contributed by atoms with Crippen LogP contribution in [0.4, 0.5) is 0 Å². The Balaban J connectivity index is 1.68. The summed E-state index contributed by atoms with van der Waals surface area (Å²) in [5.74, 6) is -1.43. The molecule has 26 heavy (non-hydrogen) atoms. The minimum Gasteiger partial charge on any atom is -0.481 e. The highest BCUT2D eigenvalue weighted by Gasteiger charge is 2.55. The number of para-hydroxylation sites is 1. The second-order valence-electron chi connectivity index (χ2n) is 7.34. The molecule has 2 fully saturated rings. The van der Waals surface area contributed by atoms with E-state index in [4.69, 9.17) is 4.42 Å². The number of carboxylic acid groups (broad SMARTS) is 1. The predicted octanol–water partition coefficient (Wildman–Crippen LogP) is 1.27. The number of carbonyl (C=O) groups excluding carboxylic acids is 1. The zero-order valence-corrected chi connectivity index (χ0v) is 14.5. The van der Waals surface area contributed by atoms with Gasteiger partial charge in [0.1, 0.15) is 11.0 Å². The number of piperidine rings is 1. The summed E-state index contributed by atoms with van der Waals surface area (Å²) in [5.41, 5.74) is -0.882. The highest BCUT2D eigenvalue weighted by atomic mass is 16.4. The lowest BCUT2D eigenvalue weighted by Gasteiger charge is -2.39. The van der Waals surface area contributed by atoms with Crippen LogP contribution in [0.5, 0.6) is 0 Å². The average molecular weight is 356 g/mol. The molecule has 2 atom stereocenters. The van der Waals surface area contributed by atoms with E-state index in [0.717, 1.165) is 13.0 Å². The number of nitrogens with zero attached hydrogens (tertiary/aromatic N) is 2. The van der Waals surface area contributed by atoms with Gasteiger partial charge in [0.15, 0.2) is 11.2 Å². The lowest BCUT2D eigenvalue weighted by Crippen LogP contribution is -2.52. The van der Waals surface area contributed by atoms with Crippen LogP contribution >= 0.6 is 0 Å².